The van der Waals surface area contributed by atoms with Crippen LogP contribution in [-0.2, 0) is 15.7 Å². The van der Waals surface area contributed by atoms with Crippen molar-refractivity contribution in [3.63, 3.8) is 0 Å². The Kier molecular flexibility index (Phi) is 7.68. The number of ketones is 1. The molecule has 0 saturated carbocycles. The summed E-state index contributed by atoms with van der Waals surface area (Å²) < 4.78 is 47.7. The first-order valence-corrected chi connectivity index (χ1v) is 10.8. The second-order valence-corrected chi connectivity index (χ2v) is 8.98. The van der Waals surface area contributed by atoms with Gasteiger partial charge in [-0.3, -0.25) is 14.9 Å². The van der Waals surface area contributed by atoms with Gasteiger partial charge in [0.05, 0.1) is 41.4 Å². The molecule has 0 atom stereocenters. The molecule has 3 aromatic rings. The first-order chi connectivity index (χ1) is 16.7. The number of alkyl halides is 3. The zero-order valence-electron chi connectivity index (χ0n) is 19.3. The fraction of sp³-hybridized carbons (Fsp3) is 0.261. The SMILES string of the molecule is CC(C)(C)OC(=O)Nc1cc(Cl)cc(C(F)(F)F)c1NC(=O)CC(=O)c1cccc(-n2ccnn2)c1. The second kappa shape index (κ2) is 10.4. The highest BCUT2D eigenvalue weighted by Crippen LogP contribution is 2.41. The summed E-state index contributed by atoms with van der Waals surface area (Å²) in [6, 6.07) is 7.76. The minimum Gasteiger partial charge on any atom is -0.444 e. The number of benzene rings is 2. The lowest BCUT2D eigenvalue weighted by molar-refractivity contribution is -0.136. The molecule has 0 bridgehead atoms. The van der Waals surface area contributed by atoms with E-state index in [0.29, 0.717) is 11.8 Å². The first-order valence-electron chi connectivity index (χ1n) is 10.4. The predicted molar refractivity (Wildman–Crippen MR) is 125 cm³/mol. The van der Waals surface area contributed by atoms with Gasteiger partial charge < -0.3 is 10.1 Å². The van der Waals surface area contributed by atoms with Crippen molar-refractivity contribution in [1.29, 1.82) is 0 Å². The van der Waals surface area contributed by atoms with E-state index in [-0.39, 0.29) is 10.6 Å². The minimum absolute atomic E-state index is 0.136. The van der Waals surface area contributed by atoms with E-state index < -0.39 is 52.9 Å². The Balaban J connectivity index is 1.86. The third-order valence-corrected chi connectivity index (χ3v) is 4.70. The molecule has 0 fully saturated rings. The quantitative estimate of drug-likeness (QED) is 0.326. The van der Waals surface area contributed by atoms with E-state index in [0.717, 1.165) is 6.07 Å². The summed E-state index contributed by atoms with van der Waals surface area (Å²) in [5.74, 6) is -1.69. The van der Waals surface area contributed by atoms with Crippen LogP contribution in [0.3, 0.4) is 0 Å². The Hall–Kier alpha value is -3.93. The van der Waals surface area contributed by atoms with Crippen LogP contribution in [-0.4, -0.2) is 38.4 Å². The molecule has 0 radical (unpaired) electrons. The van der Waals surface area contributed by atoms with Crippen LogP contribution in [0, 0.1) is 0 Å². The van der Waals surface area contributed by atoms with Gasteiger partial charge in [-0.05, 0) is 45.0 Å². The molecule has 2 amide bonds. The molecule has 190 valence electrons. The monoisotopic (exact) mass is 523 g/mol. The van der Waals surface area contributed by atoms with Crippen molar-refractivity contribution in [3.05, 3.63) is 64.9 Å². The topological polar surface area (TPSA) is 115 Å². The highest BCUT2D eigenvalue weighted by molar-refractivity contribution is 6.31. The van der Waals surface area contributed by atoms with Crippen molar-refractivity contribution >= 4 is 40.8 Å². The predicted octanol–water partition coefficient (Wildman–Crippen LogP) is 5.50. The largest absolute Gasteiger partial charge is 0.444 e. The lowest BCUT2D eigenvalue weighted by atomic mass is 10.1. The van der Waals surface area contributed by atoms with Gasteiger partial charge in [-0.15, -0.1) is 5.10 Å². The number of nitrogens with zero attached hydrogens (tertiary/aromatic N) is 3. The summed E-state index contributed by atoms with van der Waals surface area (Å²) >= 11 is 5.83. The van der Waals surface area contributed by atoms with Crippen LogP contribution in [0.25, 0.3) is 5.69 Å². The maximum absolute atomic E-state index is 13.7. The van der Waals surface area contributed by atoms with E-state index in [1.807, 2.05) is 0 Å². The Morgan fingerprint density at radius 2 is 1.81 bits per heavy atom. The average Bonchev–Trinajstić information content (AvgIpc) is 3.28. The van der Waals surface area contributed by atoms with Gasteiger partial charge in [-0.1, -0.05) is 28.9 Å². The maximum Gasteiger partial charge on any atom is 0.418 e. The first kappa shape index (κ1) is 26.7. The number of halogens is 4. The number of amides is 2. The lowest BCUT2D eigenvalue weighted by Gasteiger charge is -2.22. The Labute approximate surface area is 208 Å². The molecule has 0 aliphatic carbocycles. The number of carbonyl (C=O) groups is 3. The average molecular weight is 524 g/mol. The second-order valence-electron chi connectivity index (χ2n) is 8.55. The van der Waals surface area contributed by atoms with Crippen LogP contribution in [0.15, 0.2) is 48.8 Å². The van der Waals surface area contributed by atoms with Crippen molar-refractivity contribution in [2.75, 3.05) is 10.6 Å². The number of ether oxygens (including phenoxy) is 1. The van der Waals surface area contributed by atoms with Gasteiger partial charge in [0.15, 0.2) is 5.78 Å². The highest BCUT2D eigenvalue weighted by Gasteiger charge is 2.36. The van der Waals surface area contributed by atoms with Crippen LogP contribution in [0.1, 0.15) is 43.1 Å². The summed E-state index contributed by atoms with van der Waals surface area (Å²) in [4.78, 5) is 37.5. The zero-order chi connectivity index (χ0) is 26.7. The zero-order valence-corrected chi connectivity index (χ0v) is 20.1. The van der Waals surface area contributed by atoms with Gasteiger partial charge in [0, 0.05) is 10.6 Å². The van der Waals surface area contributed by atoms with Crippen molar-refractivity contribution in [1.82, 2.24) is 15.0 Å². The molecule has 9 nitrogen and oxygen atoms in total. The Bertz CT molecular complexity index is 1290. The smallest absolute Gasteiger partial charge is 0.418 e. The minimum atomic E-state index is -4.94. The van der Waals surface area contributed by atoms with Gasteiger partial charge >= 0.3 is 12.3 Å². The van der Waals surface area contributed by atoms with Gasteiger partial charge in [-0.2, -0.15) is 13.2 Å². The van der Waals surface area contributed by atoms with E-state index >= 15 is 0 Å². The van der Waals surface area contributed by atoms with Gasteiger partial charge in [-0.25, -0.2) is 9.48 Å². The van der Waals surface area contributed by atoms with Crippen molar-refractivity contribution < 1.29 is 32.3 Å². The van der Waals surface area contributed by atoms with Gasteiger partial charge in [0.2, 0.25) is 5.91 Å². The van der Waals surface area contributed by atoms with Crippen molar-refractivity contribution in [2.45, 2.75) is 39.0 Å². The van der Waals surface area contributed by atoms with Crippen molar-refractivity contribution in [3.8, 4) is 5.69 Å². The number of rotatable bonds is 6. The van der Waals surface area contributed by atoms with E-state index in [2.05, 4.69) is 20.9 Å². The molecule has 0 spiro atoms. The summed E-state index contributed by atoms with van der Waals surface area (Å²) in [6.07, 6.45) is -3.78. The number of nitrogens with one attached hydrogen (secondary N) is 2. The molecule has 0 unspecified atom stereocenters. The molecule has 0 aliphatic heterocycles. The molecular formula is C23H21ClF3N5O4. The van der Waals surface area contributed by atoms with Crippen LogP contribution in [0.4, 0.5) is 29.3 Å². The molecule has 13 heteroatoms. The van der Waals surface area contributed by atoms with Crippen LogP contribution in [0.2, 0.25) is 5.02 Å². The molecule has 36 heavy (non-hydrogen) atoms. The van der Waals surface area contributed by atoms with Crippen LogP contribution >= 0.6 is 11.6 Å². The molecule has 2 N–H and O–H groups in total. The molecule has 1 aromatic heterocycles. The van der Waals surface area contributed by atoms with Crippen LogP contribution in [0.5, 0.6) is 0 Å². The number of carbonyl (C=O) groups excluding carboxylic acids is 3. The van der Waals surface area contributed by atoms with Gasteiger partial charge in [0.1, 0.15) is 5.60 Å². The number of aromatic nitrogens is 3. The number of Topliss-reactive ketones (excluding diaryl/α,β-unsaturated/α-hetero) is 1. The van der Waals surface area contributed by atoms with E-state index in [1.165, 1.54) is 23.0 Å². The third-order valence-electron chi connectivity index (χ3n) is 4.48. The Morgan fingerprint density at radius 3 is 2.42 bits per heavy atom. The van der Waals surface area contributed by atoms with E-state index in [4.69, 9.17) is 16.3 Å². The van der Waals surface area contributed by atoms with Crippen LogP contribution < -0.4 is 10.6 Å². The fourth-order valence-corrected chi connectivity index (χ4v) is 3.29. The highest BCUT2D eigenvalue weighted by atomic mass is 35.5. The fourth-order valence-electron chi connectivity index (χ4n) is 3.08. The molecule has 3 rings (SSSR count). The molecule has 2 aromatic carbocycles. The van der Waals surface area contributed by atoms with Gasteiger partial charge in [0.25, 0.3) is 0 Å². The van der Waals surface area contributed by atoms with E-state index in [1.54, 1.807) is 39.1 Å². The summed E-state index contributed by atoms with van der Waals surface area (Å²) in [5, 5.41) is 11.4. The molecule has 1 heterocycles. The summed E-state index contributed by atoms with van der Waals surface area (Å²) in [5.41, 5.74) is -2.83. The lowest BCUT2D eigenvalue weighted by Crippen LogP contribution is -2.28. The molecular weight excluding hydrogens is 503 g/mol. The molecule has 0 aliphatic rings. The standard InChI is InChI=1S/C23H21ClF3N5O4/c1-22(2,3)36-21(35)29-17-11-14(24)10-16(23(25,26)27)20(17)30-19(34)12-18(33)13-5-4-6-15(9-13)32-8-7-28-31-32/h4-11H,12H2,1-3H3,(H,29,35)(H,30,34). The number of anilines is 2. The van der Waals surface area contributed by atoms with Crippen molar-refractivity contribution in [2.24, 2.45) is 0 Å². The maximum atomic E-state index is 13.7. The number of hydrogen-bond donors (Lipinski definition) is 2. The normalized spacial score (nSPS) is 11.6. The summed E-state index contributed by atoms with van der Waals surface area (Å²) in [6.45, 7) is 4.70. The summed E-state index contributed by atoms with van der Waals surface area (Å²) in [7, 11) is 0. The molecule has 0 saturated heterocycles. The number of hydrogen-bond acceptors (Lipinski definition) is 6. The Morgan fingerprint density at radius 1 is 1.08 bits per heavy atom. The van der Waals surface area contributed by atoms with E-state index in [9.17, 15) is 27.6 Å². The third kappa shape index (κ3) is 7.04.